The van der Waals surface area contributed by atoms with Crippen LogP contribution in [-0.2, 0) is 24.6 Å². The second-order valence-corrected chi connectivity index (χ2v) is 7.77. The molecule has 0 saturated carbocycles. The molecule has 0 aliphatic heterocycles. The normalized spacial score (nSPS) is 12.8. The van der Waals surface area contributed by atoms with Crippen molar-refractivity contribution in [3.05, 3.63) is 0 Å². The second kappa shape index (κ2) is 7.98. The molecule has 0 aliphatic rings. The van der Waals surface area contributed by atoms with Gasteiger partial charge in [-0.05, 0) is 0 Å². The largest absolute Gasteiger partial charge is 0.383 e. The number of rotatable bonds is 10. The van der Waals surface area contributed by atoms with Crippen LogP contribution in [0.1, 0.15) is 0 Å². The van der Waals surface area contributed by atoms with Gasteiger partial charge in [0.25, 0.3) is 0 Å². The van der Waals surface area contributed by atoms with Crippen LogP contribution in [0.2, 0.25) is 0 Å². The summed E-state index contributed by atoms with van der Waals surface area (Å²) in [5.74, 6) is -0.761. The van der Waals surface area contributed by atoms with Crippen molar-refractivity contribution in [2.45, 2.75) is 0 Å². The van der Waals surface area contributed by atoms with Gasteiger partial charge in [0, 0.05) is 33.0 Å². The molecule has 0 atom stereocenters. The van der Waals surface area contributed by atoms with E-state index in [4.69, 9.17) is 4.74 Å². The molecule has 17 heavy (non-hydrogen) atoms. The minimum atomic E-state index is -3.51. The van der Waals surface area contributed by atoms with E-state index < -0.39 is 25.6 Å². The van der Waals surface area contributed by atoms with E-state index >= 15 is 0 Å². The lowest BCUT2D eigenvalue weighted by molar-refractivity contribution is 0.199. The Hall–Kier alpha value is -0.220. The van der Waals surface area contributed by atoms with E-state index in [1.165, 1.54) is 0 Å². The van der Waals surface area contributed by atoms with Gasteiger partial charge < -0.3 is 10.1 Å². The first-order chi connectivity index (χ1) is 7.77. The molecular weight excluding hydrogens is 268 g/mol. The Morgan fingerprint density at radius 3 is 2.18 bits per heavy atom. The molecule has 0 aromatic heterocycles. The molecule has 0 fully saturated rings. The molecule has 0 aliphatic carbocycles. The summed E-state index contributed by atoms with van der Waals surface area (Å²) in [5.41, 5.74) is 0. The number of hydrogen-bond acceptors (Lipinski definition) is 6. The Labute approximate surface area is 103 Å². The zero-order valence-electron chi connectivity index (χ0n) is 10.1. The number of ether oxygens (including phenoxy) is 1. The molecule has 0 aromatic carbocycles. The molecule has 7 nitrogen and oxygen atoms in total. The predicted octanol–water partition coefficient (Wildman–Crippen LogP) is -1.81. The quantitative estimate of drug-likeness (QED) is 0.459. The standard InChI is InChI=1S/C8H20N2O5S2/c1-15-6-5-9-3-4-10-17(13,14)8-7-16(2,11)12/h9-10H,3-8H2,1-2H3. The Kier molecular flexibility index (Phi) is 7.88. The van der Waals surface area contributed by atoms with Crippen molar-refractivity contribution < 1.29 is 21.6 Å². The lowest BCUT2D eigenvalue weighted by Crippen LogP contribution is -2.35. The van der Waals surface area contributed by atoms with Crippen LogP contribution in [0.3, 0.4) is 0 Å². The molecule has 104 valence electrons. The van der Waals surface area contributed by atoms with Gasteiger partial charge in [0.05, 0.1) is 18.1 Å². The first-order valence-electron chi connectivity index (χ1n) is 5.11. The lowest BCUT2D eigenvalue weighted by Gasteiger charge is -2.07. The number of sulfone groups is 1. The van der Waals surface area contributed by atoms with Crippen LogP contribution in [0, 0.1) is 0 Å². The molecule has 2 N–H and O–H groups in total. The molecule has 0 rings (SSSR count). The maximum atomic E-state index is 11.3. The Bertz CT molecular complexity index is 390. The van der Waals surface area contributed by atoms with Crippen molar-refractivity contribution in [3.63, 3.8) is 0 Å². The Balaban J connectivity index is 3.72. The molecule has 0 saturated heterocycles. The first kappa shape index (κ1) is 16.8. The fraction of sp³-hybridized carbons (Fsp3) is 1.00. The van der Waals surface area contributed by atoms with Crippen LogP contribution in [0.15, 0.2) is 0 Å². The van der Waals surface area contributed by atoms with Crippen LogP contribution in [0.4, 0.5) is 0 Å². The van der Waals surface area contributed by atoms with Gasteiger partial charge >= 0.3 is 0 Å². The van der Waals surface area contributed by atoms with Crippen molar-refractivity contribution >= 4 is 19.9 Å². The fourth-order valence-electron chi connectivity index (χ4n) is 0.927. The monoisotopic (exact) mass is 288 g/mol. The van der Waals surface area contributed by atoms with E-state index in [0.29, 0.717) is 19.7 Å². The van der Waals surface area contributed by atoms with Crippen molar-refractivity contribution in [2.75, 3.05) is 51.1 Å². The third-order valence-corrected chi connectivity index (χ3v) is 4.42. The summed E-state index contributed by atoms with van der Waals surface area (Å²) < 4.78 is 51.4. The number of methoxy groups -OCH3 is 1. The SMILES string of the molecule is COCCNCCNS(=O)(=O)CCS(C)(=O)=O. The van der Waals surface area contributed by atoms with Gasteiger partial charge in [-0.3, -0.25) is 0 Å². The average molecular weight is 288 g/mol. The fourth-order valence-corrected chi connectivity index (χ4v) is 3.57. The van der Waals surface area contributed by atoms with Crippen LogP contribution in [-0.4, -0.2) is 67.9 Å². The summed E-state index contributed by atoms with van der Waals surface area (Å²) in [6.07, 6.45) is 1.01. The number of sulfonamides is 1. The highest BCUT2D eigenvalue weighted by atomic mass is 32.2. The highest BCUT2D eigenvalue weighted by molar-refractivity contribution is 7.93. The Morgan fingerprint density at radius 1 is 1.00 bits per heavy atom. The molecule has 0 heterocycles. The predicted molar refractivity (Wildman–Crippen MR) is 66.2 cm³/mol. The van der Waals surface area contributed by atoms with E-state index in [9.17, 15) is 16.8 Å². The summed E-state index contributed by atoms with van der Waals surface area (Å²) >= 11 is 0. The molecule has 0 spiro atoms. The Morgan fingerprint density at radius 2 is 1.65 bits per heavy atom. The summed E-state index contributed by atoms with van der Waals surface area (Å²) in [4.78, 5) is 0. The highest BCUT2D eigenvalue weighted by Gasteiger charge is 2.13. The summed E-state index contributed by atoms with van der Waals surface area (Å²) in [7, 11) is -5.18. The topological polar surface area (TPSA) is 102 Å². The smallest absolute Gasteiger partial charge is 0.212 e. The zero-order valence-corrected chi connectivity index (χ0v) is 11.7. The van der Waals surface area contributed by atoms with Crippen molar-refractivity contribution in [1.29, 1.82) is 0 Å². The minimum absolute atomic E-state index is 0.232. The molecule has 0 radical (unpaired) electrons. The molecule has 0 aromatic rings. The van der Waals surface area contributed by atoms with E-state index in [-0.39, 0.29) is 12.3 Å². The molecule has 0 amide bonds. The molecule has 0 unspecified atom stereocenters. The average Bonchev–Trinajstić information content (AvgIpc) is 2.20. The van der Waals surface area contributed by atoms with Crippen LogP contribution in [0.25, 0.3) is 0 Å². The van der Waals surface area contributed by atoms with E-state index in [1.54, 1.807) is 7.11 Å². The molecule has 0 bridgehead atoms. The van der Waals surface area contributed by atoms with Gasteiger partial charge in [-0.1, -0.05) is 0 Å². The zero-order chi connectivity index (χ0) is 13.4. The molecular formula is C8H20N2O5S2. The lowest BCUT2D eigenvalue weighted by atomic mass is 10.6. The molecule has 9 heteroatoms. The van der Waals surface area contributed by atoms with Gasteiger partial charge in [-0.2, -0.15) is 0 Å². The maximum absolute atomic E-state index is 11.3. The minimum Gasteiger partial charge on any atom is -0.383 e. The van der Waals surface area contributed by atoms with Crippen molar-refractivity contribution in [1.82, 2.24) is 10.0 Å². The van der Waals surface area contributed by atoms with Crippen LogP contribution in [0.5, 0.6) is 0 Å². The van der Waals surface area contributed by atoms with Crippen molar-refractivity contribution in [3.8, 4) is 0 Å². The van der Waals surface area contributed by atoms with Gasteiger partial charge in [0.1, 0.15) is 9.84 Å². The van der Waals surface area contributed by atoms with E-state index in [2.05, 4.69) is 10.0 Å². The maximum Gasteiger partial charge on any atom is 0.212 e. The highest BCUT2D eigenvalue weighted by Crippen LogP contribution is 1.89. The van der Waals surface area contributed by atoms with Gasteiger partial charge in [-0.25, -0.2) is 21.6 Å². The third kappa shape index (κ3) is 12.0. The van der Waals surface area contributed by atoms with E-state index in [0.717, 1.165) is 6.26 Å². The van der Waals surface area contributed by atoms with Crippen molar-refractivity contribution in [2.24, 2.45) is 0 Å². The third-order valence-electron chi connectivity index (χ3n) is 1.83. The van der Waals surface area contributed by atoms with Gasteiger partial charge in [-0.15, -0.1) is 0 Å². The second-order valence-electron chi connectivity index (χ2n) is 3.59. The number of hydrogen-bond donors (Lipinski definition) is 2. The van der Waals surface area contributed by atoms with Gasteiger partial charge in [0.15, 0.2) is 0 Å². The van der Waals surface area contributed by atoms with Gasteiger partial charge in [0.2, 0.25) is 10.0 Å². The number of nitrogens with one attached hydrogen (secondary N) is 2. The summed E-state index contributed by atoms with van der Waals surface area (Å²) in [5, 5.41) is 2.96. The summed E-state index contributed by atoms with van der Waals surface area (Å²) in [6, 6.07) is 0. The summed E-state index contributed by atoms with van der Waals surface area (Å²) in [6.45, 7) is 1.90. The van der Waals surface area contributed by atoms with Crippen LogP contribution < -0.4 is 10.0 Å². The first-order valence-corrected chi connectivity index (χ1v) is 8.83. The van der Waals surface area contributed by atoms with E-state index in [1.807, 2.05) is 0 Å². The van der Waals surface area contributed by atoms with Crippen LogP contribution >= 0.6 is 0 Å².